The van der Waals surface area contributed by atoms with E-state index < -0.39 is 10.2 Å². The average molecular weight is 184 g/mol. The summed E-state index contributed by atoms with van der Waals surface area (Å²) in [6.45, 7) is 1.64. The van der Waals surface area contributed by atoms with E-state index >= 15 is 0 Å². The Balaban J connectivity index is 4.16. The summed E-state index contributed by atoms with van der Waals surface area (Å²) in [5, 5.41) is -0.354. The maximum absolute atomic E-state index is 10.9. The molecule has 1 unspecified atom stereocenters. The molecule has 0 saturated carbocycles. The van der Waals surface area contributed by atoms with Crippen molar-refractivity contribution in [3.63, 3.8) is 0 Å². The Hall–Kier alpha value is 0.220. The van der Waals surface area contributed by atoms with Crippen LogP contribution >= 0.6 is 12.6 Å². The Morgan fingerprint density at radius 3 is 2.00 bits per heavy atom. The van der Waals surface area contributed by atoms with Crippen LogP contribution in [0.4, 0.5) is 0 Å². The quantitative estimate of drug-likeness (QED) is 0.465. The Morgan fingerprint density at radius 2 is 1.90 bits per heavy atom. The third-order valence-electron chi connectivity index (χ3n) is 0.800. The van der Waals surface area contributed by atoms with Crippen LogP contribution in [0.15, 0.2) is 0 Å². The lowest BCUT2D eigenvalue weighted by Gasteiger charge is -2.13. The molecule has 4 nitrogen and oxygen atoms in total. The van der Waals surface area contributed by atoms with Gasteiger partial charge in [0.25, 0.3) is 10.2 Å². The van der Waals surface area contributed by atoms with Crippen LogP contribution in [0, 0.1) is 0 Å². The molecule has 6 heteroatoms. The zero-order chi connectivity index (χ0) is 8.36. The van der Waals surface area contributed by atoms with E-state index in [1.54, 1.807) is 6.92 Å². The molecule has 0 aromatic carbocycles. The molecule has 0 aromatic rings. The van der Waals surface area contributed by atoms with Crippen molar-refractivity contribution in [1.82, 2.24) is 9.03 Å². The first-order valence-electron chi connectivity index (χ1n) is 2.74. The fourth-order valence-corrected chi connectivity index (χ4v) is 1.36. The van der Waals surface area contributed by atoms with E-state index in [9.17, 15) is 8.42 Å². The second-order valence-electron chi connectivity index (χ2n) is 2.08. The van der Waals surface area contributed by atoms with Crippen LogP contribution in [-0.4, -0.2) is 32.2 Å². The van der Waals surface area contributed by atoms with Gasteiger partial charge in [-0.05, 0) is 6.92 Å². The average Bonchev–Trinajstić information content (AvgIpc) is 1.60. The zero-order valence-corrected chi connectivity index (χ0v) is 7.91. The minimum Gasteiger partial charge on any atom is -0.195 e. The second kappa shape index (κ2) is 3.56. The summed E-state index contributed by atoms with van der Waals surface area (Å²) < 4.78 is 25.2. The van der Waals surface area contributed by atoms with Gasteiger partial charge in [0.1, 0.15) is 0 Å². The van der Waals surface area contributed by atoms with Crippen molar-refractivity contribution in [2.45, 2.75) is 12.3 Å². The van der Waals surface area contributed by atoms with Crippen molar-refractivity contribution in [2.75, 3.05) is 14.1 Å². The second-order valence-corrected chi connectivity index (χ2v) is 4.77. The van der Waals surface area contributed by atoms with Gasteiger partial charge in [-0.2, -0.15) is 30.1 Å². The summed E-state index contributed by atoms with van der Waals surface area (Å²) in [4.78, 5) is 0. The molecule has 0 spiro atoms. The Labute approximate surface area is 67.2 Å². The van der Waals surface area contributed by atoms with E-state index in [1.807, 2.05) is 0 Å². The van der Waals surface area contributed by atoms with Gasteiger partial charge in [0.2, 0.25) is 0 Å². The van der Waals surface area contributed by atoms with Crippen LogP contribution < -0.4 is 4.72 Å². The lowest BCUT2D eigenvalue weighted by Crippen LogP contribution is -2.38. The smallest absolute Gasteiger partial charge is 0.195 e. The molecule has 0 aromatic heterocycles. The molecule has 0 aliphatic heterocycles. The number of nitrogens with one attached hydrogen (secondary N) is 1. The van der Waals surface area contributed by atoms with Crippen molar-refractivity contribution in [2.24, 2.45) is 0 Å². The van der Waals surface area contributed by atoms with E-state index in [4.69, 9.17) is 0 Å². The van der Waals surface area contributed by atoms with Crippen molar-refractivity contribution >= 4 is 22.8 Å². The van der Waals surface area contributed by atoms with Crippen LogP contribution in [0.5, 0.6) is 0 Å². The van der Waals surface area contributed by atoms with Crippen LogP contribution in [0.1, 0.15) is 6.92 Å². The molecule has 1 N–H and O–H groups in total. The van der Waals surface area contributed by atoms with Crippen LogP contribution in [0.3, 0.4) is 0 Å². The third kappa shape index (κ3) is 3.40. The number of hydrogen-bond donors (Lipinski definition) is 2. The van der Waals surface area contributed by atoms with Gasteiger partial charge in [-0.25, -0.2) is 0 Å². The van der Waals surface area contributed by atoms with E-state index in [2.05, 4.69) is 17.4 Å². The number of rotatable bonds is 3. The van der Waals surface area contributed by atoms with E-state index in [0.29, 0.717) is 0 Å². The van der Waals surface area contributed by atoms with Crippen molar-refractivity contribution in [1.29, 1.82) is 0 Å². The van der Waals surface area contributed by atoms with Gasteiger partial charge < -0.3 is 0 Å². The SMILES string of the molecule is CC(S)NS(=O)(=O)N(C)C. The van der Waals surface area contributed by atoms with Gasteiger partial charge in [-0.1, -0.05) is 0 Å². The summed E-state index contributed by atoms with van der Waals surface area (Å²) in [6.07, 6.45) is 0. The molecule has 1 atom stereocenters. The highest BCUT2D eigenvalue weighted by Crippen LogP contribution is 1.93. The molecule has 0 aliphatic carbocycles. The van der Waals surface area contributed by atoms with Crippen LogP contribution in [0.25, 0.3) is 0 Å². The summed E-state index contributed by atoms with van der Waals surface area (Å²) >= 11 is 3.87. The Kier molecular flexibility index (Phi) is 3.64. The number of hydrogen-bond acceptors (Lipinski definition) is 3. The number of thiol groups is 1. The fourth-order valence-electron chi connectivity index (χ4n) is 0.321. The molecular formula is C4H12N2O2S2. The maximum Gasteiger partial charge on any atom is 0.279 e. The van der Waals surface area contributed by atoms with E-state index in [0.717, 1.165) is 4.31 Å². The molecular weight excluding hydrogens is 172 g/mol. The first-order chi connectivity index (χ1) is 4.36. The maximum atomic E-state index is 10.9. The molecule has 0 amide bonds. The van der Waals surface area contributed by atoms with Crippen molar-refractivity contribution in [3.8, 4) is 0 Å². The van der Waals surface area contributed by atoms with Gasteiger partial charge >= 0.3 is 0 Å². The highest BCUT2D eigenvalue weighted by molar-refractivity contribution is 7.88. The van der Waals surface area contributed by atoms with Gasteiger partial charge in [-0.15, -0.1) is 0 Å². The van der Waals surface area contributed by atoms with Crippen molar-refractivity contribution < 1.29 is 8.42 Å². The molecule has 0 heterocycles. The lowest BCUT2D eigenvalue weighted by molar-refractivity contribution is 0.505. The predicted octanol–water partition coefficient (Wildman–Crippen LogP) is -0.342. The minimum atomic E-state index is -3.29. The molecule has 0 aliphatic rings. The summed E-state index contributed by atoms with van der Waals surface area (Å²) in [5.41, 5.74) is 0. The van der Waals surface area contributed by atoms with Crippen LogP contribution in [-0.2, 0) is 10.2 Å². The van der Waals surface area contributed by atoms with Gasteiger partial charge in [0, 0.05) is 14.1 Å². The minimum absolute atomic E-state index is 0.354. The Bertz CT molecular complexity index is 185. The first kappa shape index (κ1) is 10.2. The third-order valence-corrected chi connectivity index (χ3v) is 2.72. The highest BCUT2D eigenvalue weighted by Gasteiger charge is 2.13. The Morgan fingerprint density at radius 1 is 1.50 bits per heavy atom. The molecule has 62 valence electrons. The standard InChI is InChI=1S/C4H12N2O2S2/c1-4(9)5-10(7,8)6(2)3/h4-5,9H,1-3H3. The first-order valence-corrected chi connectivity index (χ1v) is 4.70. The molecule has 10 heavy (non-hydrogen) atoms. The van der Waals surface area contributed by atoms with Crippen molar-refractivity contribution in [3.05, 3.63) is 0 Å². The van der Waals surface area contributed by atoms with Gasteiger partial charge in [0.05, 0.1) is 5.37 Å². The predicted molar refractivity (Wildman–Crippen MR) is 44.2 cm³/mol. The summed E-state index contributed by atoms with van der Waals surface area (Å²) in [7, 11) is -0.377. The molecule has 0 fully saturated rings. The lowest BCUT2D eigenvalue weighted by atomic mass is 10.8. The monoisotopic (exact) mass is 184 g/mol. The molecule has 0 radical (unpaired) electrons. The summed E-state index contributed by atoms with van der Waals surface area (Å²) in [6, 6.07) is 0. The zero-order valence-electron chi connectivity index (χ0n) is 6.20. The largest absolute Gasteiger partial charge is 0.279 e. The van der Waals surface area contributed by atoms with Crippen LogP contribution in [0.2, 0.25) is 0 Å². The van der Waals surface area contributed by atoms with Gasteiger partial charge in [0.15, 0.2) is 0 Å². The van der Waals surface area contributed by atoms with E-state index in [-0.39, 0.29) is 5.37 Å². The molecule has 0 rings (SSSR count). The fraction of sp³-hybridized carbons (Fsp3) is 1.00. The normalized spacial score (nSPS) is 15.7. The highest BCUT2D eigenvalue weighted by atomic mass is 32.2. The van der Waals surface area contributed by atoms with E-state index in [1.165, 1.54) is 14.1 Å². The van der Waals surface area contributed by atoms with Gasteiger partial charge in [-0.3, -0.25) is 0 Å². The summed E-state index contributed by atoms with van der Waals surface area (Å²) in [5.74, 6) is 0. The molecule has 0 saturated heterocycles. The number of nitrogens with zero attached hydrogens (tertiary/aromatic N) is 1. The topological polar surface area (TPSA) is 49.4 Å². The molecule has 0 bridgehead atoms.